The van der Waals surface area contributed by atoms with Crippen LogP contribution in [0.1, 0.15) is 36.3 Å². The van der Waals surface area contributed by atoms with Crippen molar-refractivity contribution in [3.63, 3.8) is 0 Å². The van der Waals surface area contributed by atoms with Crippen molar-refractivity contribution >= 4 is 7.82 Å². The molecule has 1 saturated carbocycles. The van der Waals surface area contributed by atoms with Crippen LogP contribution < -0.4 is 15.2 Å². The monoisotopic (exact) mass is 421 g/mol. The van der Waals surface area contributed by atoms with Gasteiger partial charge in [-0.3, -0.25) is 4.52 Å². The molecule has 1 aliphatic carbocycles. The summed E-state index contributed by atoms with van der Waals surface area (Å²) in [5.74, 6) is 1.88. The third-order valence-corrected chi connectivity index (χ3v) is 5.77. The molecule has 0 amide bonds. The largest absolute Gasteiger partial charge is 0.497 e. The predicted octanol–water partition coefficient (Wildman–Crippen LogP) is 3.39. The Hall–Kier alpha value is -1.89. The number of hydrogen-bond donors (Lipinski definition) is 3. The summed E-state index contributed by atoms with van der Waals surface area (Å²) in [7, 11) is -2.85. The molecule has 2 atom stereocenters. The van der Waals surface area contributed by atoms with E-state index in [4.69, 9.17) is 25.0 Å². The number of rotatable bonds is 9. The molecule has 1 fully saturated rings. The summed E-state index contributed by atoms with van der Waals surface area (Å²) >= 11 is 0. The Labute approximate surface area is 171 Å². The van der Waals surface area contributed by atoms with Gasteiger partial charge in [0.25, 0.3) is 0 Å². The molecule has 8 heteroatoms. The molecule has 0 spiro atoms. The van der Waals surface area contributed by atoms with E-state index in [1.165, 1.54) is 0 Å². The van der Waals surface area contributed by atoms with Crippen LogP contribution in [0.15, 0.2) is 48.5 Å². The number of ether oxygens (including phenoxy) is 2. The van der Waals surface area contributed by atoms with E-state index in [-0.39, 0.29) is 12.5 Å². The first-order chi connectivity index (χ1) is 13.8. The highest BCUT2D eigenvalue weighted by Crippen LogP contribution is 2.43. The van der Waals surface area contributed by atoms with Crippen LogP contribution in [0.5, 0.6) is 11.5 Å². The van der Waals surface area contributed by atoms with E-state index in [0.29, 0.717) is 19.4 Å². The lowest BCUT2D eigenvalue weighted by Crippen LogP contribution is -2.41. The van der Waals surface area contributed by atoms with Crippen molar-refractivity contribution in [1.29, 1.82) is 0 Å². The molecule has 0 saturated heterocycles. The molecule has 0 unspecified atom stereocenters. The van der Waals surface area contributed by atoms with Crippen LogP contribution in [0.3, 0.4) is 0 Å². The second-order valence-corrected chi connectivity index (χ2v) is 8.82. The molecule has 2 aromatic rings. The molecule has 0 radical (unpaired) electrons. The van der Waals surface area contributed by atoms with Crippen LogP contribution >= 0.6 is 7.82 Å². The lowest BCUT2D eigenvalue weighted by atomic mass is 9.94. The second-order valence-electron chi connectivity index (χ2n) is 7.59. The summed E-state index contributed by atoms with van der Waals surface area (Å²) < 4.78 is 26.6. The topological polar surface area (TPSA) is 111 Å². The van der Waals surface area contributed by atoms with Crippen molar-refractivity contribution in [3.8, 4) is 11.5 Å². The summed E-state index contributed by atoms with van der Waals surface area (Å²) in [6.07, 6.45) is 2.94. The lowest BCUT2D eigenvalue weighted by molar-refractivity contribution is 0.153. The van der Waals surface area contributed by atoms with Gasteiger partial charge in [0.05, 0.1) is 20.3 Å². The zero-order valence-electron chi connectivity index (χ0n) is 16.5. The van der Waals surface area contributed by atoms with Gasteiger partial charge in [-0.1, -0.05) is 24.3 Å². The third kappa shape index (κ3) is 6.56. The fourth-order valence-electron chi connectivity index (χ4n) is 3.74. The second kappa shape index (κ2) is 9.28. The Morgan fingerprint density at radius 2 is 1.93 bits per heavy atom. The zero-order valence-corrected chi connectivity index (χ0v) is 17.4. The molecule has 7 nitrogen and oxygen atoms in total. The van der Waals surface area contributed by atoms with Gasteiger partial charge in [-0.05, 0) is 60.6 Å². The fraction of sp³-hybridized carbons (Fsp3) is 0.429. The van der Waals surface area contributed by atoms with Crippen molar-refractivity contribution in [2.75, 3.05) is 20.3 Å². The van der Waals surface area contributed by atoms with Gasteiger partial charge in [-0.2, -0.15) is 0 Å². The summed E-state index contributed by atoms with van der Waals surface area (Å²) in [5.41, 5.74) is 7.86. The standard InChI is InChI=1S/C21H28NO6P/c1-26-20-4-2-3-16(13-20)10-12-27-19-7-5-17(6-8-19)18-9-11-21(22,14-18)15-28-29(23,24)25/h2-8,13,18H,9-12,14-15,22H2,1H3,(H2,23,24,25)/t18-,21+/m1/s1. The average Bonchev–Trinajstić information content (AvgIpc) is 3.09. The first-order valence-electron chi connectivity index (χ1n) is 9.61. The maximum Gasteiger partial charge on any atom is 0.469 e. The summed E-state index contributed by atoms with van der Waals surface area (Å²) in [6.45, 7) is 0.431. The number of hydrogen-bond acceptors (Lipinski definition) is 5. The minimum absolute atomic E-state index is 0.140. The minimum Gasteiger partial charge on any atom is -0.497 e. The van der Waals surface area contributed by atoms with Crippen LogP contribution in [0, 0.1) is 0 Å². The number of nitrogens with two attached hydrogens (primary N) is 1. The molecule has 4 N–H and O–H groups in total. The van der Waals surface area contributed by atoms with Gasteiger partial charge in [0.2, 0.25) is 0 Å². The van der Waals surface area contributed by atoms with Crippen molar-refractivity contribution in [1.82, 2.24) is 0 Å². The van der Waals surface area contributed by atoms with E-state index < -0.39 is 13.4 Å². The average molecular weight is 421 g/mol. The van der Waals surface area contributed by atoms with Gasteiger partial charge < -0.3 is 25.0 Å². The van der Waals surface area contributed by atoms with E-state index in [2.05, 4.69) is 4.52 Å². The highest BCUT2D eigenvalue weighted by Gasteiger charge is 2.38. The van der Waals surface area contributed by atoms with Crippen LogP contribution in [-0.4, -0.2) is 35.6 Å². The Balaban J connectivity index is 1.49. The van der Waals surface area contributed by atoms with E-state index in [1.54, 1.807) is 7.11 Å². The zero-order chi connectivity index (χ0) is 20.9. The molecule has 0 bridgehead atoms. The highest BCUT2D eigenvalue weighted by molar-refractivity contribution is 7.46. The summed E-state index contributed by atoms with van der Waals surface area (Å²) in [6, 6.07) is 15.9. The van der Waals surface area contributed by atoms with Crippen LogP contribution in [0.4, 0.5) is 0 Å². The number of benzene rings is 2. The van der Waals surface area contributed by atoms with Gasteiger partial charge >= 0.3 is 7.82 Å². The van der Waals surface area contributed by atoms with Gasteiger partial charge in [0.15, 0.2) is 0 Å². The molecule has 2 aromatic carbocycles. The predicted molar refractivity (Wildman–Crippen MR) is 110 cm³/mol. The Morgan fingerprint density at radius 3 is 2.62 bits per heavy atom. The SMILES string of the molecule is COc1cccc(CCOc2ccc([C@@H]3CC[C@@](N)(COP(=O)(O)O)C3)cc2)c1. The van der Waals surface area contributed by atoms with Crippen molar-refractivity contribution in [2.24, 2.45) is 5.73 Å². The molecule has 158 valence electrons. The molecule has 0 aromatic heterocycles. The van der Waals surface area contributed by atoms with Crippen LogP contribution in [0.25, 0.3) is 0 Å². The van der Waals surface area contributed by atoms with Crippen molar-refractivity contribution < 1.29 is 28.3 Å². The van der Waals surface area contributed by atoms with Gasteiger partial charge in [-0.15, -0.1) is 0 Å². The van der Waals surface area contributed by atoms with Gasteiger partial charge in [0, 0.05) is 12.0 Å². The van der Waals surface area contributed by atoms with Crippen LogP contribution in [-0.2, 0) is 15.5 Å². The van der Waals surface area contributed by atoms with Crippen molar-refractivity contribution in [2.45, 2.75) is 37.1 Å². The molecular formula is C21H28NO6P. The quantitative estimate of drug-likeness (QED) is 0.532. The number of phosphoric ester groups is 1. The third-order valence-electron chi connectivity index (χ3n) is 5.31. The number of methoxy groups -OCH3 is 1. The molecule has 3 rings (SSSR count). The lowest BCUT2D eigenvalue weighted by Gasteiger charge is -2.24. The fourth-order valence-corrected chi connectivity index (χ4v) is 4.16. The Bertz CT molecular complexity index is 853. The normalized spacial score (nSPS) is 21.9. The molecule has 1 aliphatic rings. The number of phosphoric acid groups is 1. The first-order valence-corrected chi connectivity index (χ1v) is 11.1. The van der Waals surface area contributed by atoms with E-state index >= 15 is 0 Å². The molecular weight excluding hydrogens is 393 g/mol. The molecule has 0 heterocycles. The minimum atomic E-state index is -4.50. The highest BCUT2D eigenvalue weighted by atomic mass is 31.2. The maximum absolute atomic E-state index is 10.9. The van der Waals surface area contributed by atoms with Gasteiger partial charge in [0.1, 0.15) is 11.5 Å². The summed E-state index contributed by atoms with van der Waals surface area (Å²) in [4.78, 5) is 17.8. The van der Waals surface area contributed by atoms with E-state index in [9.17, 15) is 4.57 Å². The molecule has 0 aliphatic heterocycles. The maximum atomic E-state index is 10.9. The Morgan fingerprint density at radius 1 is 1.17 bits per heavy atom. The first kappa shape index (κ1) is 21.8. The summed E-state index contributed by atoms with van der Waals surface area (Å²) in [5, 5.41) is 0. The van der Waals surface area contributed by atoms with Crippen LogP contribution in [0.2, 0.25) is 0 Å². The van der Waals surface area contributed by atoms with Gasteiger partial charge in [-0.25, -0.2) is 4.57 Å². The van der Waals surface area contributed by atoms with E-state index in [0.717, 1.165) is 35.5 Å². The van der Waals surface area contributed by atoms with E-state index in [1.807, 2.05) is 48.5 Å². The molecule has 29 heavy (non-hydrogen) atoms. The van der Waals surface area contributed by atoms with Crippen molar-refractivity contribution in [3.05, 3.63) is 59.7 Å². The Kier molecular flexibility index (Phi) is 6.98. The smallest absolute Gasteiger partial charge is 0.469 e.